The molecule has 0 bridgehead atoms. The quantitative estimate of drug-likeness (QED) is 0.723. The van der Waals surface area contributed by atoms with Crippen molar-refractivity contribution < 1.29 is 23.2 Å². The van der Waals surface area contributed by atoms with Crippen molar-refractivity contribution in [2.45, 2.75) is 13.5 Å². The molecule has 0 radical (unpaired) electrons. The number of amides is 1. The van der Waals surface area contributed by atoms with E-state index in [2.05, 4.69) is 9.40 Å². The van der Waals surface area contributed by atoms with Crippen LogP contribution in [-0.4, -0.2) is 25.7 Å². The second-order valence-corrected chi connectivity index (χ2v) is 5.08. The van der Waals surface area contributed by atoms with Gasteiger partial charge in [-0.2, -0.15) is 5.12 Å². The Morgan fingerprint density at radius 3 is 2.69 bits per heavy atom. The van der Waals surface area contributed by atoms with Gasteiger partial charge in [0.25, 0.3) is 0 Å². The van der Waals surface area contributed by atoms with Crippen molar-refractivity contribution in [3.63, 3.8) is 0 Å². The van der Waals surface area contributed by atoms with E-state index in [1.807, 2.05) is 0 Å². The van der Waals surface area contributed by atoms with Crippen LogP contribution in [0.3, 0.4) is 0 Å². The molecule has 0 saturated carbocycles. The molecular formula is C17H15F2N3O4. The number of benzene rings is 1. The number of hydrogen-bond donors (Lipinski definition) is 1. The van der Waals surface area contributed by atoms with Gasteiger partial charge in [-0.15, -0.1) is 0 Å². The van der Waals surface area contributed by atoms with Crippen LogP contribution in [0.5, 0.6) is 5.75 Å². The second-order valence-electron chi connectivity index (χ2n) is 5.08. The third kappa shape index (κ3) is 5.00. The first-order chi connectivity index (χ1) is 12.4. The second kappa shape index (κ2) is 8.56. The topological polar surface area (TPSA) is 88.6 Å². The molecule has 1 aromatic carbocycles. The first-order valence-electron chi connectivity index (χ1n) is 7.36. The summed E-state index contributed by atoms with van der Waals surface area (Å²) in [4.78, 5) is 25.3. The van der Waals surface area contributed by atoms with Gasteiger partial charge < -0.3 is 9.52 Å². The Morgan fingerprint density at radius 2 is 2.15 bits per heavy atom. The zero-order chi connectivity index (χ0) is 19.1. The van der Waals surface area contributed by atoms with E-state index in [-0.39, 0.29) is 11.7 Å². The monoisotopic (exact) mass is 363 g/mol. The molecule has 0 saturated heterocycles. The molecule has 3 rings (SSSR count). The molecule has 0 unspecified atom stereocenters. The fourth-order valence-corrected chi connectivity index (χ4v) is 1.87. The number of halogens is 2. The maximum Gasteiger partial charge on any atom is 0.423 e. The van der Waals surface area contributed by atoms with Crippen LogP contribution in [0.25, 0.3) is 5.69 Å². The number of pyridine rings is 1. The van der Waals surface area contributed by atoms with Crippen molar-refractivity contribution in [3.05, 3.63) is 77.1 Å². The normalized spacial score (nSPS) is 9.96. The molecule has 0 aliphatic rings. The number of nitrogens with zero attached hydrogens (tertiary/aromatic N) is 3. The molecule has 2 aromatic heterocycles. The van der Waals surface area contributed by atoms with E-state index in [0.29, 0.717) is 11.3 Å². The number of aromatic nitrogens is 2. The lowest BCUT2D eigenvalue weighted by molar-refractivity contribution is -0.145. The van der Waals surface area contributed by atoms with Gasteiger partial charge >= 0.3 is 5.76 Å². The van der Waals surface area contributed by atoms with Gasteiger partial charge in [0.15, 0.2) is 11.6 Å². The molecule has 26 heavy (non-hydrogen) atoms. The maximum atomic E-state index is 12.9. The van der Waals surface area contributed by atoms with Gasteiger partial charge in [-0.3, -0.25) is 9.78 Å². The zero-order valence-electron chi connectivity index (χ0n) is 13.7. The molecule has 9 heteroatoms. The summed E-state index contributed by atoms with van der Waals surface area (Å²) in [5, 5.41) is 9.07. The lowest BCUT2D eigenvalue weighted by Gasteiger charge is -2.07. The van der Waals surface area contributed by atoms with Crippen molar-refractivity contribution in [1.29, 1.82) is 0 Å². The molecular weight excluding hydrogens is 348 g/mol. The predicted molar refractivity (Wildman–Crippen MR) is 87.5 cm³/mol. The highest BCUT2D eigenvalue weighted by atomic mass is 19.2. The summed E-state index contributed by atoms with van der Waals surface area (Å²) in [6.07, 6.45) is 5.69. The van der Waals surface area contributed by atoms with E-state index in [9.17, 15) is 18.5 Å². The standard InChI is InChI=1S/C9H6FNO3.C8H9FN2O/c10-7-5-6(1-2-8(7)12)11-3-4-14-9(11)13;1-7(12)11(9)6-8-3-2-4-10-5-8/h1-5,12H;2-5H,6H2,1H3. The number of hydrogen-bond acceptors (Lipinski definition) is 5. The summed E-state index contributed by atoms with van der Waals surface area (Å²) in [6.45, 7) is 1.14. The highest BCUT2D eigenvalue weighted by Crippen LogP contribution is 2.17. The van der Waals surface area contributed by atoms with E-state index in [0.717, 1.165) is 10.6 Å². The first kappa shape index (κ1) is 18.8. The van der Waals surface area contributed by atoms with E-state index < -0.39 is 23.2 Å². The van der Waals surface area contributed by atoms with Crippen molar-refractivity contribution in [1.82, 2.24) is 14.7 Å². The van der Waals surface area contributed by atoms with Gasteiger partial charge in [0.2, 0.25) is 5.91 Å². The largest absolute Gasteiger partial charge is 0.505 e. The van der Waals surface area contributed by atoms with Crippen LogP contribution in [0.1, 0.15) is 12.5 Å². The lowest BCUT2D eigenvalue weighted by Crippen LogP contribution is -2.18. The number of phenols is 1. The minimum absolute atomic E-state index is 0.0385. The number of carbonyl (C=O) groups is 1. The number of oxazole rings is 1. The van der Waals surface area contributed by atoms with E-state index in [4.69, 9.17) is 5.11 Å². The molecule has 3 aromatic rings. The molecule has 7 nitrogen and oxygen atoms in total. The average molecular weight is 363 g/mol. The summed E-state index contributed by atoms with van der Waals surface area (Å²) in [7, 11) is 0. The fourth-order valence-electron chi connectivity index (χ4n) is 1.87. The first-order valence-corrected chi connectivity index (χ1v) is 7.36. The van der Waals surface area contributed by atoms with Gasteiger partial charge in [0, 0.05) is 25.4 Å². The van der Waals surface area contributed by atoms with Crippen molar-refractivity contribution >= 4 is 5.91 Å². The van der Waals surface area contributed by atoms with Gasteiger partial charge in [-0.25, -0.2) is 13.8 Å². The zero-order valence-corrected chi connectivity index (χ0v) is 13.7. The minimum atomic E-state index is -0.782. The summed E-state index contributed by atoms with van der Waals surface area (Å²) < 4.78 is 31.2. The van der Waals surface area contributed by atoms with E-state index >= 15 is 0 Å². The van der Waals surface area contributed by atoms with Gasteiger partial charge in [0.05, 0.1) is 18.4 Å². The predicted octanol–water partition coefficient (Wildman–Crippen LogP) is 2.59. The summed E-state index contributed by atoms with van der Waals surface area (Å²) in [6, 6.07) is 7.04. The molecule has 1 amide bonds. The highest BCUT2D eigenvalue weighted by molar-refractivity contribution is 5.71. The molecule has 0 aliphatic heterocycles. The lowest BCUT2D eigenvalue weighted by atomic mass is 10.3. The number of carbonyl (C=O) groups excluding carboxylic acids is 1. The van der Waals surface area contributed by atoms with Crippen LogP contribution in [0.2, 0.25) is 0 Å². The van der Waals surface area contributed by atoms with Gasteiger partial charge in [0.1, 0.15) is 6.26 Å². The third-order valence-electron chi connectivity index (χ3n) is 3.17. The summed E-state index contributed by atoms with van der Waals surface area (Å²) in [5.41, 5.74) is 0.981. The van der Waals surface area contributed by atoms with Crippen LogP contribution >= 0.6 is 0 Å². The van der Waals surface area contributed by atoms with Crippen molar-refractivity contribution in [3.8, 4) is 11.4 Å². The molecule has 0 atom stereocenters. The van der Waals surface area contributed by atoms with Gasteiger partial charge in [-0.1, -0.05) is 10.5 Å². The Labute approximate surface area is 146 Å². The highest BCUT2D eigenvalue weighted by Gasteiger charge is 2.07. The Balaban J connectivity index is 0.000000190. The maximum absolute atomic E-state index is 12.9. The fraction of sp³-hybridized carbons (Fsp3) is 0.118. The van der Waals surface area contributed by atoms with Crippen LogP contribution in [0.4, 0.5) is 8.87 Å². The SMILES string of the molecule is CC(=O)N(F)Cc1cccnc1.O=c1occn1-c1ccc(O)c(F)c1. The Hall–Kier alpha value is -3.49. The Bertz CT molecular complexity index is 925. The van der Waals surface area contributed by atoms with Gasteiger partial charge in [-0.05, 0) is 23.8 Å². The van der Waals surface area contributed by atoms with Crippen LogP contribution < -0.4 is 5.76 Å². The van der Waals surface area contributed by atoms with Crippen LogP contribution in [-0.2, 0) is 11.3 Å². The molecule has 0 aliphatic carbocycles. The molecule has 1 N–H and O–H groups in total. The van der Waals surface area contributed by atoms with Crippen LogP contribution in [0.15, 0.2) is 64.4 Å². The molecule has 136 valence electrons. The minimum Gasteiger partial charge on any atom is -0.505 e. The van der Waals surface area contributed by atoms with Crippen LogP contribution in [0, 0.1) is 5.82 Å². The molecule has 2 heterocycles. The average Bonchev–Trinajstić information content (AvgIpc) is 3.05. The van der Waals surface area contributed by atoms with Crippen molar-refractivity contribution in [2.75, 3.05) is 0 Å². The summed E-state index contributed by atoms with van der Waals surface area (Å²) in [5.74, 6) is -2.44. The molecule has 0 fully saturated rings. The van der Waals surface area contributed by atoms with E-state index in [1.165, 1.54) is 37.7 Å². The molecule has 0 spiro atoms. The number of phenolic OH excluding ortho intramolecular Hbond substituents is 1. The van der Waals surface area contributed by atoms with Crippen molar-refractivity contribution in [2.24, 2.45) is 0 Å². The Kier molecular flexibility index (Phi) is 6.20. The Morgan fingerprint density at radius 1 is 1.38 bits per heavy atom. The smallest absolute Gasteiger partial charge is 0.423 e. The number of rotatable bonds is 3. The third-order valence-corrected chi connectivity index (χ3v) is 3.17. The van der Waals surface area contributed by atoms with E-state index in [1.54, 1.807) is 18.3 Å². The number of aromatic hydroxyl groups is 1. The summed E-state index contributed by atoms with van der Waals surface area (Å²) >= 11 is 0.